The van der Waals surface area contributed by atoms with Gasteiger partial charge in [-0.25, -0.2) is 4.79 Å². The van der Waals surface area contributed by atoms with Crippen molar-refractivity contribution in [3.05, 3.63) is 23.0 Å². The lowest BCUT2D eigenvalue weighted by molar-refractivity contribution is -0.140. The van der Waals surface area contributed by atoms with E-state index in [1.54, 1.807) is 13.8 Å². The van der Waals surface area contributed by atoms with Crippen LogP contribution in [-0.2, 0) is 9.59 Å². The van der Waals surface area contributed by atoms with E-state index in [4.69, 9.17) is 10.8 Å². The van der Waals surface area contributed by atoms with Crippen molar-refractivity contribution in [1.29, 1.82) is 0 Å². The van der Waals surface area contributed by atoms with Gasteiger partial charge in [-0.1, -0.05) is 0 Å². The second-order valence-electron chi connectivity index (χ2n) is 4.02. The Morgan fingerprint density at radius 3 is 2.53 bits per heavy atom. The molecular formula is C11H14N4O4. The molecule has 0 aliphatic rings. The number of nitrogens with zero attached hydrogens (tertiary/aromatic N) is 2. The Balaban J connectivity index is 2.90. The molecule has 19 heavy (non-hydrogen) atoms. The maximum Gasteiger partial charge on any atom is 0.326 e. The van der Waals surface area contributed by atoms with Crippen molar-refractivity contribution in [2.24, 2.45) is 5.73 Å². The quantitative estimate of drug-likeness (QED) is 0.635. The second-order valence-corrected chi connectivity index (χ2v) is 4.02. The van der Waals surface area contributed by atoms with Crippen molar-refractivity contribution >= 4 is 17.8 Å². The normalized spacial score (nSPS) is 11.7. The Hall–Kier alpha value is -2.51. The van der Waals surface area contributed by atoms with E-state index in [2.05, 4.69) is 15.5 Å². The third-order valence-electron chi connectivity index (χ3n) is 2.35. The van der Waals surface area contributed by atoms with Crippen LogP contribution < -0.4 is 11.1 Å². The Bertz CT molecular complexity index is 529. The number of hydrogen-bond acceptors (Lipinski definition) is 5. The lowest BCUT2D eigenvalue weighted by atomic mass is 10.1. The number of carboxylic acids is 1. The highest BCUT2D eigenvalue weighted by molar-refractivity contribution is 5.98. The summed E-state index contributed by atoms with van der Waals surface area (Å²) in [6.45, 7) is 3.23. The maximum absolute atomic E-state index is 11.9. The number of aryl methyl sites for hydroxylation is 2. The molecule has 0 bridgehead atoms. The molecule has 0 spiro atoms. The predicted octanol–water partition coefficient (Wildman–Crippen LogP) is -0.848. The van der Waals surface area contributed by atoms with Gasteiger partial charge >= 0.3 is 5.97 Å². The monoisotopic (exact) mass is 266 g/mol. The third kappa shape index (κ3) is 4.02. The molecule has 1 heterocycles. The largest absolute Gasteiger partial charge is 0.480 e. The summed E-state index contributed by atoms with van der Waals surface area (Å²) < 4.78 is 0. The van der Waals surface area contributed by atoms with Crippen molar-refractivity contribution in [1.82, 2.24) is 15.5 Å². The highest BCUT2D eigenvalue weighted by Crippen LogP contribution is 2.06. The van der Waals surface area contributed by atoms with Crippen LogP contribution in [0.2, 0.25) is 0 Å². The number of nitrogens with two attached hydrogens (primary N) is 1. The highest BCUT2D eigenvalue weighted by Gasteiger charge is 2.23. The molecule has 0 aromatic carbocycles. The first-order valence-corrected chi connectivity index (χ1v) is 5.44. The second kappa shape index (κ2) is 5.89. The standard InChI is InChI=1S/C11H14N4O4/c1-5-3-7(6(2)15-14-5)10(17)13-8(11(18)19)4-9(12)16/h3,8H,4H2,1-2H3,(H2,12,16)(H,13,17)(H,18,19). The molecule has 1 aromatic rings. The van der Waals surface area contributed by atoms with Crippen LogP contribution in [0.1, 0.15) is 28.2 Å². The van der Waals surface area contributed by atoms with Gasteiger partial charge in [-0.15, -0.1) is 0 Å². The molecule has 0 saturated carbocycles. The highest BCUT2D eigenvalue weighted by atomic mass is 16.4. The Kier molecular flexibility index (Phi) is 4.51. The summed E-state index contributed by atoms with van der Waals surface area (Å²) in [5.41, 5.74) is 6.03. The van der Waals surface area contributed by atoms with E-state index in [1.165, 1.54) is 6.07 Å². The van der Waals surface area contributed by atoms with Gasteiger partial charge in [0.1, 0.15) is 6.04 Å². The Morgan fingerprint density at radius 2 is 2.00 bits per heavy atom. The number of carboxylic acid groups (broad SMARTS) is 1. The molecule has 0 fully saturated rings. The van der Waals surface area contributed by atoms with Crippen molar-refractivity contribution < 1.29 is 19.5 Å². The fourth-order valence-electron chi connectivity index (χ4n) is 1.42. The number of carbonyl (C=O) groups excluding carboxylic acids is 2. The minimum absolute atomic E-state index is 0.211. The number of nitrogens with one attached hydrogen (secondary N) is 1. The van der Waals surface area contributed by atoms with Crippen LogP contribution in [0.5, 0.6) is 0 Å². The molecular weight excluding hydrogens is 252 g/mol. The number of primary amides is 1. The molecule has 0 saturated heterocycles. The summed E-state index contributed by atoms with van der Waals surface area (Å²) in [6.07, 6.45) is -0.475. The topological polar surface area (TPSA) is 135 Å². The van der Waals surface area contributed by atoms with E-state index in [0.29, 0.717) is 11.4 Å². The molecule has 1 aromatic heterocycles. The van der Waals surface area contributed by atoms with Gasteiger partial charge < -0.3 is 16.2 Å². The summed E-state index contributed by atoms with van der Waals surface area (Å²) in [4.78, 5) is 33.6. The predicted molar refractivity (Wildman–Crippen MR) is 64.2 cm³/mol. The van der Waals surface area contributed by atoms with Gasteiger partial charge in [0.2, 0.25) is 5.91 Å². The lowest BCUT2D eigenvalue weighted by Crippen LogP contribution is -2.43. The van der Waals surface area contributed by atoms with Crippen LogP contribution in [0, 0.1) is 13.8 Å². The van der Waals surface area contributed by atoms with Crippen LogP contribution >= 0.6 is 0 Å². The van der Waals surface area contributed by atoms with E-state index in [0.717, 1.165) is 0 Å². The average molecular weight is 266 g/mol. The van der Waals surface area contributed by atoms with Gasteiger partial charge in [0, 0.05) is 0 Å². The van der Waals surface area contributed by atoms with E-state index >= 15 is 0 Å². The lowest BCUT2D eigenvalue weighted by Gasteiger charge is -2.13. The molecule has 0 aliphatic carbocycles. The Morgan fingerprint density at radius 1 is 1.37 bits per heavy atom. The van der Waals surface area contributed by atoms with Gasteiger partial charge in [-0.3, -0.25) is 9.59 Å². The van der Waals surface area contributed by atoms with Crippen molar-refractivity contribution in [3.8, 4) is 0 Å². The van der Waals surface area contributed by atoms with Crippen LogP contribution in [-0.4, -0.2) is 39.1 Å². The fourth-order valence-corrected chi connectivity index (χ4v) is 1.42. The zero-order valence-corrected chi connectivity index (χ0v) is 10.5. The van der Waals surface area contributed by atoms with E-state index in [-0.39, 0.29) is 5.56 Å². The first-order chi connectivity index (χ1) is 8.81. The first-order valence-electron chi connectivity index (χ1n) is 5.44. The van der Waals surface area contributed by atoms with Gasteiger partial charge in [-0.05, 0) is 19.9 Å². The molecule has 2 amide bonds. The number of aromatic nitrogens is 2. The molecule has 1 unspecified atom stereocenters. The average Bonchev–Trinajstić information content (AvgIpc) is 2.30. The van der Waals surface area contributed by atoms with Gasteiger partial charge in [0.05, 0.1) is 23.4 Å². The molecule has 0 aliphatic heterocycles. The van der Waals surface area contributed by atoms with Crippen LogP contribution in [0.15, 0.2) is 6.07 Å². The molecule has 4 N–H and O–H groups in total. The molecule has 102 valence electrons. The zero-order valence-electron chi connectivity index (χ0n) is 10.5. The summed E-state index contributed by atoms with van der Waals surface area (Å²) in [5, 5.41) is 18.6. The van der Waals surface area contributed by atoms with Crippen LogP contribution in [0.3, 0.4) is 0 Å². The zero-order chi connectivity index (χ0) is 14.6. The van der Waals surface area contributed by atoms with Crippen molar-refractivity contribution in [2.75, 3.05) is 0 Å². The summed E-state index contributed by atoms with van der Waals surface area (Å²) in [6, 6.07) is 0.124. The van der Waals surface area contributed by atoms with E-state index in [9.17, 15) is 14.4 Å². The number of rotatable bonds is 5. The minimum atomic E-state index is -1.36. The minimum Gasteiger partial charge on any atom is -0.480 e. The van der Waals surface area contributed by atoms with Gasteiger partial charge in [0.15, 0.2) is 0 Å². The summed E-state index contributed by atoms with van der Waals surface area (Å²) in [7, 11) is 0. The fraction of sp³-hybridized carbons (Fsp3) is 0.364. The Labute approximate surface area is 109 Å². The van der Waals surface area contributed by atoms with E-state index in [1.807, 2.05) is 0 Å². The molecule has 1 atom stereocenters. The first kappa shape index (κ1) is 14.6. The smallest absolute Gasteiger partial charge is 0.326 e. The number of carbonyl (C=O) groups is 3. The van der Waals surface area contributed by atoms with E-state index < -0.39 is 30.2 Å². The van der Waals surface area contributed by atoms with Gasteiger partial charge in [-0.2, -0.15) is 10.2 Å². The molecule has 8 heteroatoms. The SMILES string of the molecule is Cc1cc(C(=O)NC(CC(N)=O)C(=O)O)c(C)nn1. The van der Waals surface area contributed by atoms with Gasteiger partial charge in [0.25, 0.3) is 5.91 Å². The molecule has 0 radical (unpaired) electrons. The van der Waals surface area contributed by atoms with Crippen molar-refractivity contribution in [2.45, 2.75) is 26.3 Å². The van der Waals surface area contributed by atoms with Crippen molar-refractivity contribution in [3.63, 3.8) is 0 Å². The number of amides is 2. The summed E-state index contributed by atoms with van der Waals surface area (Å²) >= 11 is 0. The van der Waals surface area contributed by atoms with Crippen LogP contribution in [0.25, 0.3) is 0 Å². The summed E-state index contributed by atoms with van der Waals surface area (Å²) in [5.74, 6) is -2.78. The number of aliphatic carboxylic acids is 1. The third-order valence-corrected chi connectivity index (χ3v) is 2.35. The number of hydrogen-bond donors (Lipinski definition) is 3. The molecule has 8 nitrogen and oxygen atoms in total. The van der Waals surface area contributed by atoms with Crippen LogP contribution in [0.4, 0.5) is 0 Å². The molecule has 1 rings (SSSR count). The maximum atomic E-state index is 11.9.